The summed E-state index contributed by atoms with van der Waals surface area (Å²) in [7, 11) is 0. The zero-order chi connectivity index (χ0) is 9.76. The second kappa shape index (κ2) is 2.72. The van der Waals surface area contributed by atoms with Crippen molar-refractivity contribution in [3.63, 3.8) is 0 Å². The highest BCUT2D eigenvalue weighted by atomic mass is 16.5. The molecule has 4 aliphatic carbocycles. The molecule has 3 atom stereocenters. The Kier molecular flexibility index (Phi) is 1.69. The average Bonchev–Trinajstić information content (AvgIpc) is 2.09. The molecule has 0 aromatic heterocycles. The van der Waals surface area contributed by atoms with Gasteiger partial charge in [-0.15, -0.1) is 0 Å². The first-order chi connectivity index (χ1) is 6.71. The molecule has 3 heteroatoms. The van der Waals surface area contributed by atoms with Crippen LogP contribution >= 0.6 is 0 Å². The molecule has 0 amide bonds. The number of hydrogen-bond donors (Lipinski definition) is 1. The van der Waals surface area contributed by atoms with Crippen LogP contribution < -0.4 is 0 Å². The Hall–Kier alpha value is -0.570. The monoisotopic (exact) mass is 196 g/mol. The molecule has 78 valence electrons. The molecule has 4 fully saturated rings. The zero-order valence-corrected chi connectivity index (χ0v) is 8.19. The molecular formula is C11H16O3. The molecule has 1 N–H and O–H groups in total. The molecule has 4 aliphatic rings. The van der Waals surface area contributed by atoms with Gasteiger partial charge < -0.3 is 9.84 Å². The van der Waals surface area contributed by atoms with Gasteiger partial charge in [0.25, 0.3) is 6.47 Å². The summed E-state index contributed by atoms with van der Waals surface area (Å²) in [5.41, 5.74) is -0.685. The summed E-state index contributed by atoms with van der Waals surface area (Å²) in [4.78, 5) is 10.4. The van der Waals surface area contributed by atoms with Gasteiger partial charge >= 0.3 is 0 Å². The number of carbonyl (C=O) groups is 1. The third-order valence-corrected chi connectivity index (χ3v) is 4.38. The summed E-state index contributed by atoms with van der Waals surface area (Å²) in [6.07, 6.45) is 5.06. The van der Waals surface area contributed by atoms with Crippen LogP contribution in [-0.2, 0) is 9.53 Å². The van der Waals surface area contributed by atoms with Gasteiger partial charge in [-0.05, 0) is 49.9 Å². The molecule has 0 spiro atoms. The summed E-state index contributed by atoms with van der Waals surface area (Å²) in [5, 5.41) is 10.4. The maximum atomic E-state index is 10.4. The van der Waals surface area contributed by atoms with Crippen LogP contribution in [0.2, 0.25) is 0 Å². The lowest BCUT2D eigenvalue weighted by molar-refractivity contribution is -0.215. The fourth-order valence-corrected chi connectivity index (χ4v) is 4.25. The number of carbonyl (C=O) groups excluding carboxylic acids is 1. The molecule has 0 aromatic carbocycles. The van der Waals surface area contributed by atoms with Crippen LogP contribution in [0.15, 0.2) is 0 Å². The minimum Gasteiger partial charge on any atom is -0.461 e. The average molecular weight is 196 g/mol. The molecule has 0 aromatic rings. The van der Waals surface area contributed by atoms with Crippen LogP contribution in [0.3, 0.4) is 0 Å². The highest BCUT2D eigenvalue weighted by Crippen LogP contribution is 2.56. The predicted molar refractivity (Wildman–Crippen MR) is 49.4 cm³/mol. The van der Waals surface area contributed by atoms with Crippen molar-refractivity contribution in [2.75, 3.05) is 0 Å². The van der Waals surface area contributed by atoms with E-state index in [0.29, 0.717) is 24.2 Å². The number of aliphatic hydroxyl groups is 1. The summed E-state index contributed by atoms with van der Waals surface area (Å²) in [6.45, 7) is 0.505. The van der Waals surface area contributed by atoms with Gasteiger partial charge in [0, 0.05) is 0 Å². The van der Waals surface area contributed by atoms with E-state index in [-0.39, 0.29) is 6.10 Å². The quantitative estimate of drug-likeness (QED) is 0.673. The summed E-state index contributed by atoms with van der Waals surface area (Å²) >= 11 is 0. The molecule has 0 radical (unpaired) electrons. The minimum atomic E-state index is -0.685. The van der Waals surface area contributed by atoms with E-state index in [1.807, 2.05) is 0 Å². The van der Waals surface area contributed by atoms with Crippen molar-refractivity contribution in [1.82, 2.24) is 0 Å². The van der Waals surface area contributed by atoms with Crippen LogP contribution in [-0.4, -0.2) is 23.3 Å². The van der Waals surface area contributed by atoms with E-state index in [2.05, 4.69) is 0 Å². The molecule has 4 bridgehead atoms. The molecule has 14 heavy (non-hydrogen) atoms. The smallest absolute Gasteiger partial charge is 0.293 e. The van der Waals surface area contributed by atoms with Crippen LogP contribution in [0.4, 0.5) is 0 Å². The molecule has 0 saturated heterocycles. The number of rotatable bonds is 2. The van der Waals surface area contributed by atoms with Crippen LogP contribution in [0.5, 0.6) is 0 Å². The van der Waals surface area contributed by atoms with E-state index in [4.69, 9.17) is 4.74 Å². The van der Waals surface area contributed by atoms with Gasteiger partial charge in [0.05, 0.1) is 0 Å². The Morgan fingerprint density at radius 1 is 1.21 bits per heavy atom. The van der Waals surface area contributed by atoms with E-state index in [9.17, 15) is 9.90 Å². The largest absolute Gasteiger partial charge is 0.461 e. The van der Waals surface area contributed by atoms with Crippen LogP contribution in [0, 0.1) is 17.8 Å². The van der Waals surface area contributed by atoms with Gasteiger partial charge in [-0.2, -0.15) is 0 Å². The van der Waals surface area contributed by atoms with Gasteiger partial charge in [0.15, 0.2) is 0 Å². The van der Waals surface area contributed by atoms with Crippen molar-refractivity contribution in [3.8, 4) is 0 Å². The van der Waals surface area contributed by atoms with E-state index < -0.39 is 5.60 Å². The summed E-state index contributed by atoms with van der Waals surface area (Å²) in [6, 6.07) is 0. The van der Waals surface area contributed by atoms with Gasteiger partial charge in [-0.3, -0.25) is 4.79 Å². The maximum absolute atomic E-state index is 10.4. The van der Waals surface area contributed by atoms with E-state index in [1.165, 1.54) is 6.42 Å². The first-order valence-corrected chi connectivity index (χ1v) is 5.53. The van der Waals surface area contributed by atoms with Gasteiger partial charge in [-0.1, -0.05) is 0 Å². The molecular weight excluding hydrogens is 180 g/mol. The van der Waals surface area contributed by atoms with E-state index in [0.717, 1.165) is 25.7 Å². The first kappa shape index (κ1) is 8.72. The van der Waals surface area contributed by atoms with Crippen LogP contribution in [0.25, 0.3) is 0 Å². The fourth-order valence-electron chi connectivity index (χ4n) is 4.25. The molecule has 3 unspecified atom stereocenters. The highest BCUT2D eigenvalue weighted by Gasteiger charge is 2.57. The lowest BCUT2D eigenvalue weighted by Gasteiger charge is -2.57. The topological polar surface area (TPSA) is 46.5 Å². The van der Waals surface area contributed by atoms with Gasteiger partial charge in [-0.25, -0.2) is 0 Å². The number of hydrogen-bond acceptors (Lipinski definition) is 3. The summed E-state index contributed by atoms with van der Waals surface area (Å²) in [5.74, 6) is 1.80. The zero-order valence-electron chi connectivity index (χ0n) is 8.19. The second-order valence-electron chi connectivity index (χ2n) is 5.36. The Bertz CT molecular complexity index is 249. The van der Waals surface area contributed by atoms with Crippen molar-refractivity contribution in [2.45, 2.75) is 43.8 Å². The molecule has 3 nitrogen and oxygen atoms in total. The highest BCUT2D eigenvalue weighted by molar-refractivity contribution is 5.38. The second-order valence-corrected chi connectivity index (χ2v) is 5.36. The van der Waals surface area contributed by atoms with Crippen LogP contribution in [0.1, 0.15) is 32.1 Å². The van der Waals surface area contributed by atoms with Crippen molar-refractivity contribution >= 4 is 6.47 Å². The third kappa shape index (κ3) is 1.05. The molecule has 4 saturated carbocycles. The summed E-state index contributed by atoms with van der Waals surface area (Å²) < 4.78 is 5.09. The third-order valence-electron chi connectivity index (χ3n) is 4.38. The minimum absolute atomic E-state index is 0.215. The van der Waals surface area contributed by atoms with Crippen molar-refractivity contribution in [2.24, 2.45) is 17.8 Å². The maximum Gasteiger partial charge on any atom is 0.293 e. The lowest BCUT2D eigenvalue weighted by atomic mass is 9.53. The molecule has 0 aliphatic heterocycles. The molecule has 0 heterocycles. The normalized spacial score (nSPS) is 54.6. The van der Waals surface area contributed by atoms with E-state index in [1.54, 1.807) is 0 Å². The Morgan fingerprint density at radius 2 is 1.86 bits per heavy atom. The standard InChI is InChI=1S/C11H16O3/c12-6-14-10-9-2-7-1-8(3-9)5-11(10,13)4-7/h6-10,13H,1-5H2. The van der Waals surface area contributed by atoms with Gasteiger partial charge in [0.1, 0.15) is 11.7 Å². The van der Waals surface area contributed by atoms with Crippen molar-refractivity contribution < 1.29 is 14.6 Å². The first-order valence-electron chi connectivity index (χ1n) is 5.53. The predicted octanol–water partition coefficient (Wildman–Crippen LogP) is 1.10. The van der Waals surface area contributed by atoms with E-state index >= 15 is 0 Å². The fraction of sp³-hybridized carbons (Fsp3) is 0.909. The Morgan fingerprint density at radius 3 is 2.36 bits per heavy atom. The SMILES string of the molecule is O=COC1C2CC3CC(C2)CC1(O)C3. The Labute approximate surface area is 83.4 Å². The lowest BCUT2D eigenvalue weighted by Crippen LogP contribution is -2.61. The molecule has 4 rings (SSSR count). The van der Waals surface area contributed by atoms with Crippen molar-refractivity contribution in [3.05, 3.63) is 0 Å². The van der Waals surface area contributed by atoms with Gasteiger partial charge in [0.2, 0.25) is 0 Å². The van der Waals surface area contributed by atoms with Crippen molar-refractivity contribution in [1.29, 1.82) is 0 Å². The Balaban J connectivity index is 1.89. The number of ether oxygens (including phenoxy) is 1.